The Labute approximate surface area is 115 Å². The van der Waals surface area contributed by atoms with E-state index in [0.717, 1.165) is 12.0 Å². The fraction of sp³-hybridized carbons (Fsp3) is 0.615. The zero-order valence-electron chi connectivity index (χ0n) is 11.5. The van der Waals surface area contributed by atoms with E-state index in [1.807, 2.05) is 6.92 Å². The molecule has 1 atom stereocenters. The lowest BCUT2D eigenvalue weighted by Crippen LogP contribution is -2.41. The van der Waals surface area contributed by atoms with Gasteiger partial charge in [-0.05, 0) is 37.5 Å². The predicted octanol–water partition coefficient (Wildman–Crippen LogP) is 1.09. The van der Waals surface area contributed by atoms with Gasteiger partial charge in [0, 0.05) is 18.9 Å². The van der Waals surface area contributed by atoms with Crippen molar-refractivity contribution in [1.82, 2.24) is 9.71 Å². The fourth-order valence-corrected chi connectivity index (χ4v) is 2.95. The van der Waals surface area contributed by atoms with Crippen molar-refractivity contribution in [1.29, 1.82) is 0 Å². The van der Waals surface area contributed by atoms with Crippen LogP contribution in [0.25, 0.3) is 0 Å². The Morgan fingerprint density at radius 2 is 2.00 bits per heavy atom. The van der Waals surface area contributed by atoms with E-state index in [2.05, 4.69) is 9.71 Å². The molecule has 1 aromatic rings. The molecule has 0 amide bonds. The normalized spacial score (nSPS) is 15.1. The van der Waals surface area contributed by atoms with Crippen molar-refractivity contribution >= 4 is 10.0 Å². The van der Waals surface area contributed by atoms with Crippen LogP contribution in [0, 0.1) is 0 Å². The molecule has 0 radical (unpaired) electrons. The SMILES string of the molecule is CCCC(C)(O)CNS(=O)(=O)CCc1ccncc1. The van der Waals surface area contributed by atoms with Gasteiger partial charge in [0.1, 0.15) is 0 Å². The third kappa shape index (κ3) is 6.66. The summed E-state index contributed by atoms with van der Waals surface area (Å²) in [7, 11) is -3.36. The van der Waals surface area contributed by atoms with Crippen molar-refractivity contribution in [2.24, 2.45) is 0 Å². The van der Waals surface area contributed by atoms with Crippen LogP contribution in [0.15, 0.2) is 24.5 Å². The van der Waals surface area contributed by atoms with E-state index in [-0.39, 0.29) is 12.3 Å². The summed E-state index contributed by atoms with van der Waals surface area (Å²) < 4.78 is 26.1. The smallest absolute Gasteiger partial charge is 0.212 e. The first-order valence-corrected chi connectivity index (χ1v) is 8.08. The molecule has 108 valence electrons. The first-order valence-electron chi connectivity index (χ1n) is 6.43. The highest BCUT2D eigenvalue weighted by atomic mass is 32.2. The summed E-state index contributed by atoms with van der Waals surface area (Å²) in [4.78, 5) is 3.88. The van der Waals surface area contributed by atoms with E-state index in [1.165, 1.54) is 0 Å². The molecule has 0 aliphatic heterocycles. The quantitative estimate of drug-likeness (QED) is 0.750. The summed E-state index contributed by atoms with van der Waals surface area (Å²) in [6.45, 7) is 3.65. The van der Waals surface area contributed by atoms with Gasteiger partial charge in [-0.2, -0.15) is 0 Å². The van der Waals surface area contributed by atoms with Gasteiger partial charge in [-0.1, -0.05) is 13.3 Å². The van der Waals surface area contributed by atoms with Crippen molar-refractivity contribution in [2.75, 3.05) is 12.3 Å². The Balaban J connectivity index is 2.44. The third-order valence-electron chi connectivity index (χ3n) is 2.87. The summed E-state index contributed by atoms with van der Waals surface area (Å²) in [5, 5.41) is 9.93. The van der Waals surface area contributed by atoms with Crippen molar-refractivity contribution in [2.45, 2.75) is 38.7 Å². The number of hydrogen-bond donors (Lipinski definition) is 2. The lowest BCUT2D eigenvalue weighted by molar-refractivity contribution is 0.0554. The summed E-state index contributed by atoms with van der Waals surface area (Å²) in [5.41, 5.74) is -0.0564. The van der Waals surface area contributed by atoms with E-state index >= 15 is 0 Å². The molecule has 0 bridgehead atoms. The molecule has 0 fully saturated rings. The highest BCUT2D eigenvalue weighted by molar-refractivity contribution is 7.89. The number of sulfonamides is 1. The zero-order chi connectivity index (χ0) is 14.4. The molecular formula is C13H22N2O3S. The average Bonchev–Trinajstić information content (AvgIpc) is 2.36. The van der Waals surface area contributed by atoms with Crippen LogP contribution in [-0.2, 0) is 16.4 Å². The third-order valence-corrected chi connectivity index (χ3v) is 4.20. The molecule has 5 nitrogen and oxygen atoms in total. The standard InChI is InChI=1S/C13H22N2O3S/c1-3-7-13(2,16)11-15-19(17,18)10-6-12-4-8-14-9-5-12/h4-5,8-9,15-16H,3,6-7,10-11H2,1-2H3. The molecular weight excluding hydrogens is 264 g/mol. The maximum atomic E-state index is 11.8. The topological polar surface area (TPSA) is 79.3 Å². The number of rotatable bonds is 8. The zero-order valence-corrected chi connectivity index (χ0v) is 12.3. The van der Waals surface area contributed by atoms with E-state index < -0.39 is 15.6 Å². The molecule has 6 heteroatoms. The molecule has 1 aromatic heterocycles. The maximum absolute atomic E-state index is 11.8. The van der Waals surface area contributed by atoms with Crippen LogP contribution in [-0.4, -0.2) is 36.4 Å². The molecule has 0 aliphatic carbocycles. The van der Waals surface area contributed by atoms with Gasteiger partial charge in [0.05, 0.1) is 11.4 Å². The second kappa shape index (κ2) is 6.98. The van der Waals surface area contributed by atoms with Crippen molar-refractivity contribution in [3.63, 3.8) is 0 Å². The Hall–Kier alpha value is -0.980. The van der Waals surface area contributed by atoms with Gasteiger partial charge in [0.25, 0.3) is 0 Å². The van der Waals surface area contributed by atoms with Gasteiger partial charge in [-0.15, -0.1) is 0 Å². The molecule has 19 heavy (non-hydrogen) atoms. The molecule has 0 spiro atoms. The fourth-order valence-electron chi connectivity index (χ4n) is 1.77. The van der Waals surface area contributed by atoms with Crippen LogP contribution in [0.3, 0.4) is 0 Å². The van der Waals surface area contributed by atoms with E-state index in [4.69, 9.17) is 0 Å². The predicted molar refractivity (Wildman–Crippen MR) is 75.3 cm³/mol. The minimum atomic E-state index is -3.36. The van der Waals surface area contributed by atoms with Crippen LogP contribution in [0.2, 0.25) is 0 Å². The Morgan fingerprint density at radius 1 is 1.37 bits per heavy atom. The van der Waals surface area contributed by atoms with Crippen molar-refractivity contribution < 1.29 is 13.5 Å². The van der Waals surface area contributed by atoms with Gasteiger partial charge < -0.3 is 5.11 Å². The molecule has 2 N–H and O–H groups in total. The van der Waals surface area contributed by atoms with E-state index in [9.17, 15) is 13.5 Å². The molecule has 0 aromatic carbocycles. The van der Waals surface area contributed by atoms with Crippen molar-refractivity contribution in [3.05, 3.63) is 30.1 Å². The molecule has 0 saturated carbocycles. The second-order valence-corrected chi connectivity index (χ2v) is 6.92. The Morgan fingerprint density at radius 3 is 2.58 bits per heavy atom. The monoisotopic (exact) mass is 286 g/mol. The molecule has 1 heterocycles. The number of aryl methyl sites for hydroxylation is 1. The summed E-state index contributed by atoms with van der Waals surface area (Å²) >= 11 is 0. The Kier molecular flexibility index (Phi) is 5.90. The van der Waals surface area contributed by atoms with Crippen LogP contribution < -0.4 is 4.72 Å². The van der Waals surface area contributed by atoms with Gasteiger partial charge in [0.15, 0.2) is 0 Å². The van der Waals surface area contributed by atoms with E-state index in [1.54, 1.807) is 31.5 Å². The number of hydrogen-bond acceptors (Lipinski definition) is 4. The average molecular weight is 286 g/mol. The number of aromatic nitrogens is 1. The number of nitrogens with zero attached hydrogens (tertiary/aromatic N) is 1. The minimum Gasteiger partial charge on any atom is -0.389 e. The lowest BCUT2D eigenvalue weighted by Gasteiger charge is -2.22. The highest BCUT2D eigenvalue weighted by Crippen LogP contribution is 2.10. The molecule has 1 unspecified atom stereocenters. The highest BCUT2D eigenvalue weighted by Gasteiger charge is 2.22. The Bertz CT molecular complexity index is 472. The van der Waals surface area contributed by atoms with E-state index in [0.29, 0.717) is 12.8 Å². The van der Waals surface area contributed by atoms with Gasteiger partial charge in [-0.25, -0.2) is 13.1 Å². The summed E-state index contributed by atoms with van der Waals surface area (Å²) in [6, 6.07) is 3.59. The second-order valence-electron chi connectivity index (χ2n) is 4.99. The van der Waals surface area contributed by atoms with Crippen molar-refractivity contribution in [3.8, 4) is 0 Å². The van der Waals surface area contributed by atoms with Crippen LogP contribution in [0.4, 0.5) is 0 Å². The molecule has 1 rings (SSSR count). The lowest BCUT2D eigenvalue weighted by atomic mass is 10.0. The van der Waals surface area contributed by atoms with Crippen LogP contribution in [0.1, 0.15) is 32.3 Å². The largest absolute Gasteiger partial charge is 0.389 e. The minimum absolute atomic E-state index is 0.0131. The molecule has 0 saturated heterocycles. The molecule has 0 aliphatic rings. The van der Waals surface area contributed by atoms with Gasteiger partial charge in [0.2, 0.25) is 10.0 Å². The number of aliphatic hydroxyl groups is 1. The van der Waals surface area contributed by atoms with Gasteiger partial charge >= 0.3 is 0 Å². The van der Waals surface area contributed by atoms with Crippen LogP contribution >= 0.6 is 0 Å². The summed E-state index contributed by atoms with van der Waals surface area (Å²) in [5.74, 6) is 0.0131. The first kappa shape index (κ1) is 16.1. The number of pyridine rings is 1. The van der Waals surface area contributed by atoms with Crippen LogP contribution in [0.5, 0.6) is 0 Å². The van der Waals surface area contributed by atoms with Gasteiger partial charge in [-0.3, -0.25) is 4.98 Å². The summed E-state index contributed by atoms with van der Waals surface area (Å²) in [6.07, 6.45) is 5.10. The first-order chi connectivity index (χ1) is 8.85. The maximum Gasteiger partial charge on any atom is 0.212 e. The number of nitrogens with one attached hydrogen (secondary N) is 1.